The van der Waals surface area contributed by atoms with E-state index in [1.165, 1.54) is 5.56 Å². The number of benzene rings is 1. The van der Waals surface area contributed by atoms with Gasteiger partial charge in [-0.2, -0.15) is 0 Å². The summed E-state index contributed by atoms with van der Waals surface area (Å²) in [7, 11) is 1.69. The van der Waals surface area contributed by atoms with Crippen LogP contribution in [0.3, 0.4) is 0 Å². The van der Waals surface area contributed by atoms with Gasteiger partial charge in [0.1, 0.15) is 5.75 Å². The summed E-state index contributed by atoms with van der Waals surface area (Å²) in [5, 5.41) is 0. The number of hydrogen-bond acceptors (Lipinski definition) is 3. The van der Waals surface area contributed by atoms with E-state index in [4.69, 9.17) is 4.74 Å². The molecule has 0 unspecified atom stereocenters. The van der Waals surface area contributed by atoms with E-state index in [0.717, 1.165) is 44.8 Å². The van der Waals surface area contributed by atoms with Crippen LogP contribution in [0.5, 0.6) is 5.75 Å². The predicted molar refractivity (Wildman–Crippen MR) is 89.3 cm³/mol. The molecular formula is C18H28N2O2. The number of piperidine rings is 1. The lowest BCUT2D eigenvalue weighted by Crippen LogP contribution is -2.43. The van der Waals surface area contributed by atoms with Crippen molar-refractivity contribution < 1.29 is 9.53 Å². The predicted octanol–water partition coefficient (Wildman–Crippen LogP) is 2.74. The molecule has 0 N–H and O–H groups in total. The number of carbonyl (C=O) groups excluding carboxylic acids is 1. The number of ether oxygens (including phenoxy) is 1. The Morgan fingerprint density at radius 1 is 1.18 bits per heavy atom. The zero-order valence-electron chi connectivity index (χ0n) is 14.0. The first-order valence-electron chi connectivity index (χ1n) is 8.32. The third kappa shape index (κ3) is 4.23. The van der Waals surface area contributed by atoms with E-state index in [1.807, 2.05) is 30.9 Å². The van der Waals surface area contributed by atoms with E-state index in [2.05, 4.69) is 17.0 Å². The summed E-state index contributed by atoms with van der Waals surface area (Å²) in [4.78, 5) is 16.4. The number of rotatable bonds is 6. The molecule has 0 bridgehead atoms. The van der Waals surface area contributed by atoms with Crippen LogP contribution in [0.15, 0.2) is 24.3 Å². The Balaban J connectivity index is 1.83. The highest BCUT2D eigenvalue weighted by molar-refractivity contribution is 5.78. The quantitative estimate of drug-likeness (QED) is 0.810. The fourth-order valence-electron chi connectivity index (χ4n) is 3.17. The van der Waals surface area contributed by atoms with Gasteiger partial charge in [0, 0.05) is 13.1 Å². The molecule has 4 nitrogen and oxygen atoms in total. The number of hydrogen-bond donors (Lipinski definition) is 0. The van der Waals surface area contributed by atoms with Gasteiger partial charge in [0.15, 0.2) is 0 Å². The summed E-state index contributed by atoms with van der Waals surface area (Å²) in [5.74, 6) is 1.77. The molecule has 1 aromatic rings. The zero-order valence-corrected chi connectivity index (χ0v) is 14.0. The average molecular weight is 304 g/mol. The number of nitrogens with zero attached hydrogens (tertiary/aromatic N) is 2. The lowest BCUT2D eigenvalue weighted by Gasteiger charge is -2.33. The highest BCUT2D eigenvalue weighted by Crippen LogP contribution is 2.29. The van der Waals surface area contributed by atoms with Gasteiger partial charge in [-0.1, -0.05) is 12.1 Å². The number of amides is 1. The number of likely N-dealkylation sites (tertiary alicyclic amines) is 1. The SMILES string of the molecule is CCN(CC)C(=O)CN1CCC(c2ccc(OC)cc2)CC1. The fraction of sp³-hybridized carbons (Fsp3) is 0.611. The van der Waals surface area contributed by atoms with Crippen molar-refractivity contribution in [2.24, 2.45) is 0 Å². The van der Waals surface area contributed by atoms with Crippen LogP contribution in [-0.4, -0.2) is 55.5 Å². The summed E-state index contributed by atoms with van der Waals surface area (Å²) in [6.45, 7) is 8.26. The Morgan fingerprint density at radius 3 is 2.27 bits per heavy atom. The minimum Gasteiger partial charge on any atom is -0.497 e. The molecule has 1 amide bonds. The first-order valence-corrected chi connectivity index (χ1v) is 8.32. The maximum atomic E-state index is 12.2. The summed E-state index contributed by atoms with van der Waals surface area (Å²) >= 11 is 0. The summed E-state index contributed by atoms with van der Waals surface area (Å²) in [6.07, 6.45) is 2.25. The normalized spacial score (nSPS) is 16.5. The molecule has 1 saturated heterocycles. The van der Waals surface area contributed by atoms with Crippen LogP contribution in [0.1, 0.15) is 38.2 Å². The summed E-state index contributed by atoms with van der Waals surface area (Å²) in [6, 6.07) is 8.40. The molecule has 2 rings (SSSR count). The van der Waals surface area contributed by atoms with Crippen LogP contribution in [0, 0.1) is 0 Å². The number of likely N-dealkylation sites (N-methyl/N-ethyl adjacent to an activating group) is 1. The van der Waals surface area contributed by atoms with Crippen LogP contribution < -0.4 is 4.74 Å². The Bertz CT molecular complexity index is 460. The maximum Gasteiger partial charge on any atom is 0.236 e. The third-order valence-corrected chi connectivity index (χ3v) is 4.65. The first-order chi connectivity index (χ1) is 10.7. The molecule has 0 aliphatic carbocycles. The van der Waals surface area contributed by atoms with Gasteiger partial charge in [-0.3, -0.25) is 9.69 Å². The van der Waals surface area contributed by atoms with Crippen molar-refractivity contribution in [3.05, 3.63) is 29.8 Å². The summed E-state index contributed by atoms with van der Waals surface area (Å²) in [5.41, 5.74) is 1.38. The van der Waals surface area contributed by atoms with E-state index >= 15 is 0 Å². The van der Waals surface area contributed by atoms with Crippen LogP contribution in [-0.2, 0) is 4.79 Å². The lowest BCUT2D eigenvalue weighted by atomic mass is 9.89. The van der Waals surface area contributed by atoms with Gasteiger partial charge in [-0.05, 0) is 63.4 Å². The second-order valence-corrected chi connectivity index (χ2v) is 5.89. The molecule has 1 aliphatic heterocycles. The smallest absolute Gasteiger partial charge is 0.236 e. The van der Waals surface area contributed by atoms with Crippen molar-refractivity contribution in [3.63, 3.8) is 0 Å². The van der Waals surface area contributed by atoms with Gasteiger partial charge in [0.25, 0.3) is 0 Å². The van der Waals surface area contributed by atoms with E-state index < -0.39 is 0 Å². The second-order valence-electron chi connectivity index (χ2n) is 5.89. The topological polar surface area (TPSA) is 32.8 Å². The molecule has 1 aromatic carbocycles. The number of carbonyl (C=O) groups is 1. The van der Waals surface area contributed by atoms with Gasteiger partial charge in [-0.15, -0.1) is 0 Å². The third-order valence-electron chi connectivity index (χ3n) is 4.65. The molecule has 1 heterocycles. The number of methoxy groups -OCH3 is 1. The molecule has 0 saturated carbocycles. The molecule has 122 valence electrons. The lowest BCUT2D eigenvalue weighted by molar-refractivity contribution is -0.132. The standard InChI is InChI=1S/C18H28N2O2/c1-4-20(5-2)18(21)14-19-12-10-16(11-13-19)15-6-8-17(22-3)9-7-15/h6-9,16H,4-5,10-14H2,1-3H3. The van der Waals surface area contributed by atoms with Crippen molar-refractivity contribution >= 4 is 5.91 Å². The Morgan fingerprint density at radius 2 is 1.77 bits per heavy atom. The molecule has 0 radical (unpaired) electrons. The molecular weight excluding hydrogens is 276 g/mol. The fourth-order valence-corrected chi connectivity index (χ4v) is 3.17. The van der Waals surface area contributed by atoms with E-state index in [9.17, 15) is 4.79 Å². The van der Waals surface area contributed by atoms with E-state index in [0.29, 0.717) is 12.5 Å². The monoisotopic (exact) mass is 304 g/mol. The largest absolute Gasteiger partial charge is 0.497 e. The molecule has 1 fully saturated rings. The minimum atomic E-state index is 0.257. The Hall–Kier alpha value is -1.55. The summed E-state index contributed by atoms with van der Waals surface area (Å²) < 4.78 is 5.21. The Labute approximate surface area is 134 Å². The molecule has 1 aliphatic rings. The van der Waals surface area contributed by atoms with Gasteiger partial charge < -0.3 is 9.64 Å². The maximum absolute atomic E-state index is 12.2. The minimum absolute atomic E-state index is 0.257. The highest BCUT2D eigenvalue weighted by Gasteiger charge is 2.23. The van der Waals surface area contributed by atoms with Crippen LogP contribution in [0.4, 0.5) is 0 Å². The van der Waals surface area contributed by atoms with Gasteiger partial charge in [0.05, 0.1) is 13.7 Å². The van der Waals surface area contributed by atoms with Crippen molar-refractivity contribution in [3.8, 4) is 5.75 Å². The molecule has 0 aromatic heterocycles. The van der Waals surface area contributed by atoms with Gasteiger partial charge in [-0.25, -0.2) is 0 Å². The van der Waals surface area contributed by atoms with Crippen molar-refractivity contribution in [2.75, 3.05) is 39.8 Å². The van der Waals surface area contributed by atoms with Gasteiger partial charge >= 0.3 is 0 Å². The second kappa shape index (κ2) is 8.18. The molecule has 4 heteroatoms. The van der Waals surface area contributed by atoms with Crippen molar-refractivity contribution in [1.82, 2.24) is 9.80 Å². The molecule has 22 heavy (non-hydrogen) atoms. The van der Waals surface area contributed by atoms with Crippen molar-refractivity contribution in [1.29, 1.82) is 0 Å². The zero-order chi connectivity index (χ0) is 15.9. The van der Waals surface area contributed by atoms with E-state index in [-0.39, 0.29) is 5.91 Å². The van der Waals surface area contributed by atoms with Crippen LogP contribution in [0.25, 0.3) is 0 Å². The Kier molecular flexibility index (Phi) is 6.25. The first kappa shape index (κ1) is 16.8. The van der Waals surface area contributed by atoms with E-state index in [1.54, 1.807) is 7.11 Å². The van der Waals surface area contributed by atoms with Crippen LogP contribution >= 0.6 is 0 Å². The molecule has 0 atom stereocenters. The van der Waals surface area contributed by atoms with Crippen LogP contribution in [0.2, 0.25) is 0 Å². The molecule has 0 spiro atoms. The average Bonchev–Trinajstić information content (AvgIpc) is 2.57. The van der Waals surface area contributed by atoms with Gasteiger partial charge in [0.2, 0.25) is 5.91 Å². The van der Waals surface area contributed by atoms with Crippen molar-refractivity contribution in [2.45, 2.75) is 32.6 Å². The highest BCUT2D eigenvalue weighted by atomic mass is 16.5.